The largest absolute Gasteiger partial charge is 0.493 e. The lowest BCUT2D eigenvalue weighted by molar-refractivity contribution is -0.129. The predicted molar refractivity (Wildman–Crippen MR) is 129 cm³/mol. The van der Waals surface area contributed by atoms with E-state index in [1.165, 1.54) is 4.90 Å². The van der Waals surface area contributed by atoms with E-state index in [0.717, 1.165) is 27.6 Å². The summed E-state index contributed by atoms with van der Waals surface area (Å²) in [6.45, 7) is 0.862. The molecule has 9 nitrogen and oxygen atoms in total. The van der Waals surface area contributed by atoms with Crippen LogP contribution in [0.1, 0.15) is 23.1 Å². The third-order valence-electron chi connectivity index (χ3n) is 6.82. The summed E-state index contributed by atoms with van der Waals surface area (Å²) in [7, 11) is 3.13. The highest BCUT2D eigenvalue weighted by Crippen LogP contribution is 2.37. The monoisotopic (exact) mass is 476 g/mol. The van der Waals surface area contributed by atoms with Gasteiger partial charge >= 0.3 is 6.03 Å². The normalized spacial score (nSPS) is 16.9. The van der Waals surface area contributed by atoms with Crippen molar-refractivity contribution < 1.29 is 23.9 Å². The zero-order valence-electron chi connectivity index (χ0n) is 19.8. The standard InChI is InChI=1S/C26H28N4O5/c1-34-22-12-17-11-21-25(32)29(26(33)30(21)15-18(17)13-23(22)35-2)10-8-24(31)27-9-7-16-14-28-20-6-4-3-5-19(16)20/h3-6,12-14,21,28H,7-11,15H2,1-2H3,(H,27,31)/t21-/m0/s1. The van der Waals surface area contributed by atoms with Crippen LogP contribution < -0.4 is 14.8 Å². The summed E-state index contributed by atoms with van der Waals surface area (Å²) in [6, 6.07) is 10.8. The number of H-pyrrole nitrogens is 1. The van der Waals surface area contributed by atoms with Gasteiger partial charge < -0.3 is 24.7 Å². The minimum atomic E-state index is -0.557. The van der Waals surface area contributed by atoms with E-state index in [1.54, 1.807) is 19.1 Å². The van der Waals surface area contributed by atoms with E-state index in [9.17, 15) is 14.4 Å². The molecule has 1 aromatic heterocycles. The maximum atomic E-state index is 13.0. The molecule has 182 valence electrons. The second kappa shape index (κ2) is 9.32. The van der Waals surface area contributed by atoms with Crippen molar-refractivity contribution in [2.24, 2.45) is 0 Å². The third-order valence-corrected chi connectivity index (χ3v) is 6.82. The Morgan fingerprint density at radius 2 is 1.86 bits per heavy atom. The quantitative estimate of drug-likeness (QED) is 0.487. The maximum absolute atomic E-state index is 13.0. The molecule has 5 rings (SSSR count). The fraction of sp³-hybridized carbons (Fsp3) is 0.346. The highest BCUT2D eigenvalue weighted by atomic mass is 16.5. The Bertz CT molecular complexity index is 1250. The van der Waals surface area contributed by atoms with Crippen LogP contribution in [0.25, 0.3) is 10.9 Å². The van der Waals surface area contributed by atoms with Gasteiger partial charge in [0.25, 0.3) is 5.91 Å². The van der Waals surface area contributed by atoms with E-state index in [0.29, 0.717) is 37.4 Å². The third kappa shape index (κ3) is 4.18. The lowest BCUT2D eigenvalue weighted by atomic mass is 9.94. The maximum Gasteiger partial charge on any atom is 0.327 e. The van der Waals surface area contributed by atoms with Gasteiger partial charge in [0.05, 0.1) is 14.2 Å². The summed E-state index contributed by atoms with van der Waals surface area (Å²) < 4.78 is 10.7. The molecule has 3 heterocycles. The molecule has 0 spiro atoms. The summed E-state index contributed by atoms with van der Waals surface area (Å²) in [5, 5.41) is 4.04. The van der Waals surface area contributed by atoms with Gasteiger partial charge in [0.15, 0.2) is 11.5 Å². The minimum absolute atomic E-state index is 0.0621. The molecule has 9 heteroatoms. The van der Waals surface area contributed by atoms with Gasteiger partial charge in [-0.1, -0.05) is 18.2 Å². The molecule has 2 N–H and O–H groups in total. The summed E-state index contributed by atoms with van der Waals surface area (Å²) >= 11 is 0. The number of fused-ring (bicyclic) bond motifs is 3. The van der Waals surface area contributed by atoms with Crippen LogP contribution in [-0.4, -0.2) is 66.0 Å². The number of methoxy groups -OCH3 is 2. The van der Waals surface area contributed by atoms with Crippen molar-refractivity contribution in [1.82, 2.24) is 20.1 Å². The van der Waals surface area contributed by atoms with Crippen molar-refractivity contribution in [1.29, 1.82) is 0 Å². The molecule has 1 saturated heterocycles. The minimum Gasteiger partial charge on any atom is -0.493 e. The van der Waals surface area contributed by atoms with Crippen LogP contribution in [0.5, 0.6) is 11.5 Å². The van der Waals surface area contributed by atoms with E-state index >= 15 is 0 Å². The Balaban J connectivity index is 1.17. The summed E-state index contributed by atoms with van der Waals surface area (Å²) in [4.78, 5) is 44.4. The van der Waals surface area contributed by atoms with Crippen molar-refractivity contribution in [2.75, 3.05) is 27.3 Å². The van der Waals surface area contributed by atoms with Gasteiger partial charge in [-0.25, -0.2) is 4.79 Å². The van der Waals surface area contributed by atoms with Crippen LogP contribution in [-0.2, 0) is 29.0 Å². The topological polar surface area (TPSA) is 104 Å². The number of amides is 4. The fourth-order valence-electron chi connectivity index (χ4n) is 4.95. The van der Waals surface area contributed by atoms with Crippen molar-refractivity contribution >= 4 is 28.7 Å². The summed E-state index contributed by atoms with van der Waals surface area (Å²) in [5.41, 5.74) is 4.09. The number of imide groups is 1. The number of nitrogens with zero attached hydrogens (tertiary/aromatic N) is 2. The second-order valence-electron chi connectivity index (χ2n) is 8.81. The zero-order valence-corrected chi connectivity index (χ0v) is 19.8. The summed E-state index contributed by atoms with van der Waals surface area (Å²) in [6.07, 6.45) is 3.13. The average Bonchev–Trinajstić information content (AvgIpc) is 3.39. The number of urea groups is 1. The van der Waals surface area contributed by atoms with Gasteiger partial charge in [0.2, 0.25) is 5.91 Å². The molecule has 1 atom stereocenters. The molecule has 0 unspecified atom stereocenters. The van der Waals surface area contributed by atoms with Gasteiger partial charge in [-0.05, 0) is 41.3 Å². The van der Waals surface area contributed by atoms with Gasteiger partial charge in [-0.3, -0.25) is 14.5 Å². The van der Waals surface area contributed by atoms with Gasteiger partial charge in [0, 0.05) is 49.6 Å². The fourth-order valence-corrected chi connectivity index (χ4v) is 4.95. The Morgan fingerprint density at radius 1 is 1.11 bits per heavy atom. The molecule has 35 heavy (non-hydrogen) atoms. The number of para-hydroxylation sites is 1. The Kier molecular flexibility index (Phi) is 6.07. The first-order valence-corrected chi connectivity index (χ1v) is 11.7. The Labute approximate surface area is 203 Å². The first kappa shape index (κ1) is 22.8. The molecule has 2 aliphatic rings. The molecule has 3 aromatic rings. The number of carbonyl (C=O) groups is 3. The molecule has 2 aromatic carbocycles. The molecule has 0 bridgehead atoms. The van der Waals surface area contributed by atoms with Crippen molar-refractivity contribution in [3.63, 3.8) is 0 Å². The number of hydrogen-bond donors (Lipinski definition) is 2. The first-order chi connectivity index (χ1) is 17.0. The molecular weight excluding hydrogens is 448 g/mol. The average molecular weight is 477 g/mol. The smallest absolute Gasteiger partial charge is 0.327 e. The number of benzene rings is 2. The number of aromatic amines is 1. The lowest BCUT2D eigenvalue weighted by Gasteiger charge is -2.29. The van der Waals surface area contributed by atoms with Crippen LogP contribution >= 0.6 is 0 Å². The predicted octanol–water partition coefficient (Wildman–Crippen LogP) is 2.62. The van der Waals surface area contributed by atoms with Crippen LogP contribution in [0.4, 0.5) is 4.79 Å². The number of rotatable bonds is 8. The van der Waals surface area contributed by atoms with Crippen LogP contribution in [0.15, 0.2) is 42.6 Å². The molecule has 0 aliphatic carbocycles. The lowest BCUT2D eigenvalue weighted by Crippen LogP contribution is -2.40. The van der Waals surface area contributed by atoms with Crippen LogP contribution in [0.2, 0.25) is 0 Å². The molecule has 1 fully saturated rings. The van der Waals surface area contributed by atoms with Crippen molar-refractivity contribution in [3.8, 4) is 11.5 Å². The number of aromatic nitrogens is 1. The number of nitrogens with one attached hydrogen (secondary N) is 2. The number of carbonyl (C=O) groups excluding carboxylic acids is 3. The van der Waals surface area contributed by atoms with Crippen molar-refractivity contribution in [3.05, 3.63) is 59.3 Å². The summed E-state index contributed by atoms with van der Waals surface area (Å²) in [5.74, 6) is 0.733. The van der Waals surface area contributed by atoms with E-state index in [1.807, 2.05) is 42.6 Å². The highest BCUT2D eigenvalue weighted by molar-refractivity contribution is 6.05. The molecule has 4 amide bonds. The van der Waals surface area contributed by atoms with Gasteiger partial charge in [0.1, 0.15) is 6.04 Å². The van der Waals surface area contributed by atoms with E-state index in [4.69, 9.17) is 9.47 Å². The van der Waals surface area contributed by atoms with Gasteiger partial charge in [-0.15, -0.1) is 0 Å². The van der Waals surface area contributed by atoms with E-state index < -0.39 is 6.04 Å². The second-order valence-corrected chi connectivity index (χ2v) is 8.81. The Hall–Kier alpha value is -4.01. The molecule has 0 saturated carbocycles. The van der Waals surface area contributed by atoms with Crippen LogP contribution in [0, 0.1) is 0 Å². The molecule has 2 aliphatic heterocycles. The van der Waals surface area contributed by atoms with Crippen molar-refractivity contribution in [2.45, 2.75) is 31.8 Å². The highest BCUT2D eigenvalue weighted by Gasteiger charge is 2.47. The Morgan fingerprint density at radius 3 is 2.63 bits per heavy atom. The number of ether oxygens (including phenoxy) is 2. The van der Waals surface area contributed by atoms with Gasteiger partial charge in [-0.2, -0.15) is 0 Å². The van der Waals surface area contributed by atoms with E-state index in [-0.39, 0.29) is 30.8 Å². The van der Waals surface area contributed by atoms with E-state index in [2.05, 4.69) is 10.3 Å². The molecular formula is C26H28N4O5. The SMILES string of the molecule is COc1cc2c(cc1OC)CN1C(=O)N(CCC(=O)NCCc3c[nH]c4ccccc34)C(=O)[C@@H]1C2. The first-order valence-electron chi connectivity index (χ1n) is 11.7. The number of hydrogen-bond acceptors (Lipinski definition) is 5. The zero-order chi connectivity index (χ0) is 24.5. The van der Waals surface area contributed by atoms with Crippen LogP contribution in [0.3, 0.4) is 0 Å². The molecule has 0 radical (unpaired) electrons.